The van der Waals surface area contributed by atoms with Gasteiger partial charge in [-0.1, -0.05) is 12.1 Å². The molecule has 7 heteroatoms. The lowest BCUT2D eigenvalue weighted by Gasteiger charge is -2.12. The first-order valence-electron chi connectivity index (χ1n) is 5.73. The van der Waals surface area contributed by atoms with Crippen LogP contribution in [0.25, 0.3) is 11.1 Å². The van der Waals surface area contributed by atoms with Gasteiger partial charge in [-0.15, -0.1) is 13.2 Å². The minimum atomic E-state index is -4.90. The molecule has 0 unspecified atom stereocenters. The number of alkyl halides is 3. The van der Waals surface area contributed by atoms with E-state index >= 15 is 0 Å². The number of hydrogen-bond acceptors (Lipinski definition) is 3. The molecule has 0 aliphatic carbocycles. The number of phenolic OH excluding ortho intramolecular Hbond substituents is 1. The molecule has 0 fully saturated rings. The number of aromatic hydroxyl groups is 1. The van der Waals surface area contributed by atoms with E-state index < -0.39 is 23.7 Å². The highest BCUT2D eigenvalue weighted by Gasteiger charge is 2.31. The summed E-state index contributed by atoms with van der Waals surface area (Å²) < 4.78 is 59.2. The molecule has 0 aromatic heterocycles. The molecule has 0 heterocycles. The van der Waals surface area contributed by atoms with Crippen molar-refractivity contribution in [1.82, 2.24) is 0 Å². The van der Waals surface area contributed by atoms with E-state index in [9.17, 15) is 22.7 Å². The number of ether oxygens (including phenoxy) is 2. The van der Waals surface area contributed by atoms with Crippen LogP contribution in [-0.2, 0) is 0 Å². The Labute approximate surface area is 117 Å². The Morgan fingerprint density at radius 1 is 1.10 bits per heavy atom. The molecule has 2 aromatic carbocycles. The Morgan fingerprint density at radius 3 is 2.43 bits per heavy atom. The lowest BCUT2D eigenvalue weighted by atomic mass is 10.0. The summed E-state index contributed by atoms with van der Waals surface area (Å²) in [4.78, 5) is 0. The van der Waals surface area contributed by atoms with Crippen LogP contribution in [0.3, 0.4) is 0 Å². The normalized spacial score (nSPS) is 11.3. The second-order valence-electron chi connectivity index (χ2n) is 4.09. The van der Waals surface area contributed by atoms with Crippen LogP contribution in [0.5, 0.6) is 17.2 Å². The Morgan fingerprint density at radius 2 is 1.81 bits per heavy atom. The van der Waals surface area contributed by atoms with Gasteiger partial charge in [0.1, 0.15) is 11.5 Å². The van der Waals surface area contributed by atoms with Gasteiger partial charge in [-0.25, -0.2) is 4.39 Å². The van der Waals surface area contributed by atoms with Gasteiger partial charge in [0, 0.05) is 11.6 Å². The van der Waals surface area contributed by atoms with Gasteiger partial charge in [0.15, 0.2) is 11.6 Å². The van der Waals surface area contributed by atoms with Crippen molar-refractivity contribution in [2.45, 2.75) is 6.36 Å². The molecular weight excluding hydrogens is 292 g/mol. The predicted molar refractivity (Wildman–Crippen MR) is 66.7 cm³/mol. The molecule has 21 heavy (non-hydrogen) atoms. The first-order chi connectivity index (χ1) is 9.80. The third-order valence-electron chi connectivity index (χ3n) is 2.62. The van der Waals surface area contributed by atoms with Crippen molar-refractivity contribution in [3.63, 3.8) is 0 Å². The highest BCUT2D eigenvalue weighted by atomic mass is 19.4. The Kier molecular flexibility index (Phi) is 3.93. The molecule has 112 valence electrons. The topological polar surface area (TPSA) is 38.7 Å². The van der Waals surface area contributed by atoms with E-state index in [1.54, 1.807) is 0 Å². The number of rotatable bonds is 3. The molecule has 2 aromatic rings. The van der Waals surface area contributed by atoms with E-state index in [1.807, 2.05) is 0 Å². The van der Waals surface area contributed by atoms with Crippen molar-refractivity contribution in [1.29, 1.82) is 0 Å². The van der Waals surface area contributed by atoms with Crippen molar-refractivity contribution in [2.24, 2.45) is 0 Å². The first-order valence-corrected chi connectivity index (χ1v) is 5.73. The summed E-state index contributed by atoms with van der Waals surface area (Å²) in [6.07, 6.45) is -4.90. The van der Waals surface area contributed by atoms with Crippen molar-refractivity contribution < 1.29 is 32.1 Å². The summed E-state index contributed by atoms with van der Waals surface area (Å²) in [5, 5.41) is 9.47. The van der Waals surface area contributed by atoms with Crippen LogP contribution in [0.4, 0.5) is 17.6 Å². The summed E-state index contributed by atoms with van der Waals surface area (Å²) in [6.45, 7) is 0. The third kappa shape index (κ3) is 3.56. The lowest BCUT2D eigenvalue weighted by Crippen LogP contribution is -2.17. The maximum absolute atomic E-state index is 14.1. The Balaban J connectivity index is 2.50. The molecule has 0 aliphatic heterocycles. The molecule has 1 N–H and O–H groups in total. The average Bonchev–Trinajstić information content (AvgIpc) is 2.36. The minimum absolute atomic E-state index is 0.0164. The highest BCUT2D eigenvalue weighted by molar-refractivity contribution is 5.69. The fourth-order valence-electron chi connectivity index (χ4n) is 1.82. The maximum atomic E-state index is 14.1. The molecule has 0 saturated heterocycles. The fraction of sp³-hybridized carbons (Fsp3) is 0.143. The Hall–Kier alpha value is -2.44. The van der Waals surface area contributed by atoms with Gasteiger partial charge >= 0.3 is 6.36 Å². The third-order valence-corrected chi connectivity index (χ3v) is 2.62. The van der Waals surface area contributed by atoms with Crippen LogP contribution >= 0.6 is 0 Å². The van der Waals surface area contributed by atoms with Crippen LogP contribution in [0.2, 0.25) is 0 Å². The van der Waals surface area contributed by atoms with Gasteiger partial charge in [-0.05, 0) is 23.8 Å². The van der Waals surface area contributed by atoms with Gasteiger partial charge in [0.25, 0.3) is 0 Å². The largest absolute Gasteiger partial charge is 0.573 e. The lowest BCUT2D eigenvalue weighted by molar-refractivity contribution is -0.274. The van der Waals surface area contributed by atoms with Crippen molar-refractivity contribution in [3.05, 3.63) is 42.2 Å². The zero-order chi connectivity index (χ0) is 15.6. The molecule has 2 rings (SSSR count). The van der Waals surface area contributed by atoms with Crippen LogP contribution in [-0.4, -0.2) is 18.6 Å². The molecule has 0 saturated carbocycles. The number of halogens is 4. The van der Waals surface area contributed by atoms with Crippen LogP contribution in [0.15, 0.2) is 36.4 Å². The number of phenols is 1. The molecule has 0 radical (unpaired) electrons. The fourth-order valence-corrected chi connectivity index (χ4v) is 1.82. The van der Waals surface area contributed by atoms with E-state index in [0.717, 1.165) is 18.2 Å². The Bertz CT molecular complexity index is 653. The van der Waals surface area contributed by atoms with E-state index in [-0.39, 0.29) is 16.9 Å². The van der Waals surface area contributed by atoms with Crippen LogP contribution in [0.1, 0.15) is 0 Å². The second kappa shape index (κ2) is 5.51. The summed E-state index contributed by atoms with van der Waals surface area (Å²) in [6, 6.07) is 7.09. The molecule has 0 bridgehead atoms. The standard InChI is InChI=1S/C14H10F4O3/c1-20-12-4-2-3-11(13(12)15)8-5-9(19)7-10(6-8)21-14(16,17)18/h2-7,19H,1H3. The number of benzene rings is 2. The van der Waals surface area contributed by atoms with Gasteiger partial charge < -0.3 is 14.6 Å². The van der Waals surface area contributed by atoms with E-state index in [1.165, 1.54) is 25.3 Å². The smallest absolute Gasteiger partial charge is 0.508 e. The van der Waals surface area contributed by atoms with E-state index in [2.05, 4.69) is 4.74 Å². The van der Waals surface area contributed by atoms with Crippen LogP contribution < -0.4 is 9.47 Å². The first kappa shape index (κ1) is 15.0. The molecule has 0 atom stereocenters. The molecule has 0 aliphatic rings. The second-order valence-corrected chi connectivity index (χ2v) is 4.09. The molecule has 0 spiro atoms. The zero-order valence-corrected chi connectivity index (χ0v) is 10.7. The molecular formula is C14H10F4O3. The van der Waals surface area contributed by atoms with Crippen LogP contribution in [0, 0.1) is 5.82 Å². The maximum Gasteiger partial charge on any atom is 0.573 e. The van der Waals surface area contributed by atoms with Crippen molar-refractivity contribution in [3.8, 4) is 28.4 Å². The van der Waals surface area contributed by atoms with E-state index in [4.69, 9.17) is 4.74 Å². The van der Waals surface area contributed by atoms with E-state index in [0.29, 0.717) is 0 Å². The average molecular weight is 302 g/mol. The van der Waals surface area contributed by atoms with Crippen molar-refractivity contribution >= 4 is 0 Å². The van der Waals surface area contributed by atoms with Gasteiger partial charge in [-0.2, -0.15) is 0 Å². The number of methoxy groups -OCH3 is 1. The molecule has 3 nitrogen and oxygen atoms in total. The van der Waals surface area contributed by atoms with Gasteiger partial charge in [0.05, 0.1) is 7.11 Å². The summed E-state index contributed by atoms with van der Waals surface area (Å²) in [5.41, 5.74) is 0.0166. The SMILES string of the molecule is COc1cccc(-c2cc(O)cc(OC(F)(F)F)c2)c1F. The monoisotopic (exact) mass is 302 g/mol. The van der Waals surface area contributed by atoms with Crippen molar-refractivity contribution in [2.75, 3.05) is 7.11 Å². The predicted octanol–water partition coefficient (Wildman–Crippen LogP) is 4.11. The van der Waals surface area contributed by atoms with Gasteiger partial charge in [-0.3, -0.25) is 0 Å². The summed E-state index contributed by atoms with van der Waals surface area (Å²) in [5.74, 6) is -1.92. The highest BCUT2D eigenvalue weighted by Crippen LogP contribution is 2.35. The van der Waals surface area contributed by atoms with Gasteiger partial charge in [0.2, 0.25) is 0 Å². The summed E-state index contributed by atoms with van der Waals surface area (Å²) >= 11 is 0. The number of hydrogen-bond donors (Lipinski definition) is 1. The quantitative estimate of drug-likeness (QED) is 0.867. The minimum Gasteiger partial charge on any atom is -0.508 e. The zero-order valence-electron chi connectivity index (χ0n) is 10.7. The summed E-state index contributed by atoms with van der Waals surface area (Å²) in [7, 11) is 1.27. The molecule has 0 amide bonds.